The molecule has 0 radical (unpaired) electrons. The summed E-state index contributed by atoms with van der Waals surface area (Å²) in [4.78, 5) is 26.4. The van der Waals surface area contributed by atoms with E-state index in [4.69, 9.17) is 4.74 Å². The van der Waals surface area contributed by atoms with Crippen LogP contribution in [0.2, 0.25) is 0 Å². The van der Waals surface area contributed by atoms with Gasteiger partial charge in [-0.3, -0.25) is 9.59 Å². The van der Waals surface area contributed by atoms with E-state index in [0.717, 1.165) is 35.3 Å². The van der Waals surface area contributed by atoms with E-state index in [1.807, 2.05) is 78.9 Å². The molecule has 0 aliphatic heterocycles. The summed E-state index contributed by atoms with van der Waals surface area (Å²) in [5.41, 5.74) is 3.74. The summed E-state index contributed by atoms with van der Waals surface area (Å²) >= 11 is 0. The Morgan fingerprint density at radius 2 is 1.62 bits per heavy atom. The highest BCUT2D eigenvalue weighted by Crippen LogP contribution is 2.29. The molecule has 0 spiro atoms. The highest BCUT2D eigenvalue weighted by Gasteiger charge is 2.23. The van der Waals surface area contributed by atoms with Crippen molar-refractivity contribution in [2.75, 3.05) is 13.7 Å². The smallest absolute Gasteiger partial charge is 0.251 e. The first-order chi connectivity index (χ1) is 15.6. The average molecular weight is 429 g/mol. The second-order valence-corrected chi connectivity index (χ2v) is 8.16. The first-order valence-corrected chi connectivity index (χ1v) is 11.0. The summed E-state index contributed by atoms with van der Waals surface area (Å²) in [6.45, 7) is 0.803. The van der Waals surface area contributed by atoms with Gasteiger partial charge in [0.2, 0.25) is 5.91 Å². The lowest BCUT2D eigenvalue weighted by Gasteiger charge is -2.18. The predicted molar refractivity (Wildman–Crippen MR) is 125 cm³/mol. The Labute approximate surface area is 189 Å². The molecule has 3 aromatic rings. The molecule has 0 saturated heterocycles. The van der Waals surface area contributed by atoms with Gasteiger partial charge in [0, 0.05) is 30.8 Å². The van der Waals surface area contributed by atoms with E-state index in [0.29, 0.717) is 31.2 Å². The van der Waals surface area contributed by atoms with Crippen molar-refractivity contribution in [3.05, 3.63) is 90.0 Å². The average Bonchev–Trinajstić information content (AvgIpc) is 3.64. The summed E-state index contributed by atoms with van der Waals surface area (Å²) in [6, 6.07) is 25.7. The molecule has 2 amide bonds. The maximum Gasteiger partial charge on any atom is 0.251 e. The minimum atomic E-state index is -0.0311. The highest BCUT2D eigenvalue weighted by atomic mass is 16.5. The molecule has 1 saturated carbocycles. The van der Waals surface area contributed by atoms with Gasteiger partial charge in [-0.15, -0.1) is 0 Å². The zero-order chi connectivity index (χ0) is 22.3. The normalized spacial score (nSPS) is 12.8. The van der Waals surface area contributed by atoms with Gasteiger partial charge in [-0.25, -0.2) is 0 Å². The van der Waals surface area contributed by atoms with Crippen molar-refractivity contribution in [3.63, 3.8) is 0 Å². The maximum atomic E-state index is 12.6. The second-order valence-electron chi connectivity index (χ2n) is 8.16. The number of nitrogens with zero attached hydrogens (tertiary/aromatic N) is 1. The molecule has 1 N–H and O–H groups in total. The van der Waals surface area contributed by atoms with Crippen LogP contribution in [0.5, 0.6) is 5.75 Å². The Morgan fingerprint density at radius 3 is 2.34 bits per heavy atom. The topological polar surface area (TPSA) is 58.6 Å². The predicted octanol–water partition coefficient (Wildman–Crippen LogP) is 4.67. The molecule has 0 atom stereocenters. The van der Waals surface area contributed by atoms with E-state index in [1.165, 1.54) is 0 Å². The number of hydrogen-bond acceptors (Lipinski definition) is 3. The number of carbonyl (C=O) groups excluding carboxylic acids is 2. The molecule has 32 heavy (non-hydrogen) atoms. The Bertz CT molecular complexity index is 1060. The maximum absolute atomic E-state index is 12.6. The zero-order valence-electron chi connectivity index (χ0n) is 18.3. The number of benzene rings is 3. The fourth-order valence-corrected chi connectivity index (χ4v) is 3.51. The van der Waals surface area contributed by atoms with Gasteiger partial charge in [0.05, 0.1) is 13.0 Å². The molecule has 1 aliphatic rings. The molecule has 164 valence electrons. The molecule has 5 nitrogen and oxygen atoms in total. The van der Waals surface area contributed by atoms with Gasteiger partial charge in [-0.2, -0.15) is 0 Å². The molecule has 0 aromatic heterocycles. The quantitative estimate of drug-likeness (QED) is 0.539. The Balaban J connectivity index is 1.27. The molecule has 1 fully saturated rings. The lowest BCUT2D eigenvalue weighted by atomic mass is 10.1. The molecule has 0 bridgehead atoms. The van der Waals surface area contributed by atoms with Crippen LogP contribution in [0.3, 0.4) is 0 Å². The summed E-state index contributed by atoms with van der Waals surface area (Å²) in [5, 5.41) is 2.98. The Hall–Kier alpha value is -3.60. The summed E-state index contributed by atoms with van der Waals surface area (Å²) in [5.74, 6) is 0.753. The van der Waals surface area contributed by atoms with Crippen LogP contribution in [0.4, 0.5) is 0 Å². The summed E-state index contributed by atoms with van der Waals surface area (Å²) in [6.07, 6.45) is 2.43. The van der Waals surface area contributed by atoms with E-state index in [1.54, 1.807) is 11.9 Å². The van der Waals surface area contributed by atoms with Crippen LogP contribution in [0.1, 0.15) is 35.2 Å². The molecular weight excluding hydrogens is 400 g/mol. The molecule has 0 heterocycles. The number of amides is 2. The summed E-state index contributed by atoms with van der Waals surface area (Å²) < 4.78 is 5.95. The minimum absolute atomic E-state index is 0.0118. The number of hydrogen-bond donors (Lipinski definition) is 1. The van der Waals surface area contributed by atoms with E-state index in [-0.39, 0.29) is 11.8 Å². The van der Waals surface area contributed by atoms with Gasteiger partial charge in [0.15, 0.2) is 0 Å². The van der Waals surface area contributed by atoms with Gasteiger partial charge in [-0.05, 0) is 42.2 Å². The number of nitrogens with one attached hydrogen (secondary N) is 1. The number of para-hydroxylation sites is 1. The largest absolute Gasteiger partial charge is 0.492 e. The highest BCUT2D eigenvalue weighted by molar-refractivity contribution is 5.94. The van der Waals surface area contributed by atoms with E-state index in [2.05, 4.69) is 5.32 Å². The molecule has 3 aromatic carbocycles. The van der Waals surface area contributed by atoms with Crippen molar-refractivity contribution in [1.82, 2.24) is 10.2 Å². The lowest BCUT2D eigenvalue weighted by molar-refractivity contribution is -0.130. The van der Waals surface area contributed by atoms with E-state index in [9.17, 15) is 9.59 Å². The minimum Gasteiger partial charge on any atom is -0.492 e. The third-order valence-corrected chi connectivity index (χ3v) is 5.52. The number of carbonyl (C=O) groups is 2. The molecule has 1 aliphatic carbocycles. The van der Waals surface area contributed by atoms with Gasteiger partial charge in [-0.1, -0.05) is 60.7 Å². The van der Waals surface area contributed by atoms with Gasteiger partial charge in [0.1, 0.15) is 5.75 Å². The first-order valence-electron chi connectivity index (χ1n) is 11.0. The van der Waals surface area contributed by atoms with Crippen LogP contribution in [0.25, 0.3) is 11.1 Å². The number of ether oxygens (including phenoxy) is 1. The van der Waals surface area contributed by atoms with E-state index < -0.39 is 0 Å². The zero-order valence-corrected chi connectivity index (χ0v) is 18.3. The van der Waals surface area contributed by atoms with Crippen molar-refractivity contribution < 1.29 is 14.3 Å². The van der Waals surface area contributed by atoms with Crippen LogP contribution >= 0.6 is 0 Å². The van der Waals surface area contributed by atoms with Gasteiger partial charge < -0.3 is 15.0 Å². The van der Waals surface area contributed by atoms with Crippen LogP contribution < -0.4 is 10.1 Å². The molecule has 0 unspecified atom stereocenters. The van der Waals surface area contributed by atoms with Crippen LogP contribution in [0, 0.1) is 0 Å². The molecule has 5 heteroatoms. The van der Waals surface area contributed by atoms with Crippen molar-refractivity contribution in [3.8, 4) is 16.9 Å². The first kappa shape index (κ1) is 21.6. The number of rotatable bonds is 9. The monoisotopic (exact) mass is 428 g/mol. The van der Waals surface area contributed by atoms with Crippen molar-refractivity contribution >= 4 is 11.8 Å². The van der Waals surface area contributed by atoms with Crippen LogP contribution in [-0.2, 0) is 11.3 Å². The molecule has 4 rings (SSSR count). The third-order valence-electron chi connectivity index (χ3n) is 5.52. The van der Waals surface area contributed by atoms with Gasteiger partial charge in [0.25, 0.3) is 5.91 Å². The fourth-order valence-electron chi connectivity index (χ4n) is 3.51. The Kier molecular flexibility index (Phi) is 6.85. The van der Waals surface area contributed by atoms with E-state index >= 15 is 0 Å². The standard InChI is InChI=1S/C27H28N2O3/c1-29(19-20-11-13-22(14-12-20)27(31)28-23-15-16-23)26(30)17-18-32-25-10-6-5-9-24(25)21-7-3-2-4-8-21/h2-14,23H,15-19H2,1H3,(H,28,31). The van der Waals surface area contributed by atoms with Gasteiger partial charge >= 0.3 is 0 Å². The second kappa shape index (κ2) is 10.1. The van der Waals surface area contributed by atoms with Crippen LogP contribution in [0.15, 0.2) is 78.9 Å². The van der Waals surface area contributed by atoms with Crippen LogP contribution in [-0.4, -0.2) is 36.4 Å². The third kappa shape index (κ3) is 5.76. The molecular formula is C27H28N2O3. The fraction of sp³-hybridized carbons (Fsp3) is 0.259. The Morgan fingerprint density at radius 1 is 0.938 bits per heavy atom. The SMILES string of the molecule is CN(Cc1ccc(C(=O)NC2CC2)cc1)C(=O)CCOc1ccccc1-c1ccccc1. The lowest BCUT2D eigenvalue weighted by Crippen LogP contribution is -2.27. The van der Waals surface area contributed by atoms with Crippen molar-refractivity contribution in [2.45, 2.75) is 31.8 Å². The summed E-state index contributed by atoms with van der Waals surface area (Å²) in [7, 11) is 1.79. The van der Waals surface area contributed by atoms with Crippen molar-refractivity contribution in [2.24, 2.45) is 0 Å². The van der Waals surface area contributed by atoms with Crippen molar-refractivity contribution in [1.29, 1.82) is 0 Å².